The van der Waals surface area contributed by atoms with Crippen molar-refractivity contribution in [1.29, 1.82) is 0 Å². The lowest BCUT2D eigenvalue weighted by molar-refractivity contribution is -0.147. The Morgan fingerprint density at radius 3 is 2.65 bits per heavy atom. The SMILES string of the molecule is CCC(C)C(=O)OCCNC(=O)NCc1ccncc1. The summed E-state index contributed by atoms with van der Waals surface area (Å²) in [6.07, 6.45) is 4.09. The highest BCUT2D eigenvalue weighted by Gasteiger charge is 2.11. The second-order valence-corrected chi connectivity index (χ2v) is 4.44. The summed E-state index contributed by atoms with van der Waals surface area (Å²) in [5.74, 6) is -0.331. The number of amides is 2. The second-order valence-electron chi connectivity index (χ2n) is 4.44. The van der Waals surface area contributed by atoms with Crippen molar-refractivity contribution in [3.63, 3.8) is 0 Å². The maximum absolute atomic E-state index is 11.5. The number of rotatable bonds is 7. The van der Waals surface area contributed by atoms with Gasteiger partial charge in [-0.3, -0.25) is 9.78 Å². The maximum atomic E-state index is 11.5. The van der Waals surface area contributed by atoms with Crippen LogP contribution in [0.5, 0.6) is 0 Å². The molecule has 1 aromatic heterocycles. The number of nitrogens with one attached hydrogen (secondary N) is 2. The van der Waals surface area contributed by atoms with Gasteiger partial charge in [-0.1, -0.05) is 13.8 Å². The van der Waals surface area contributed by atoms with Gasteiger partial charge in [0.2, 0.25) is 0 Å². The van der Waals surface area contributed by atoms with Crippen LogP contribution in [0.2, 0.25) is 0 Å². The van der Waals surface area contributed by atoms with Crippen molar-refractivity contribution in [2.24, 2.45) is 5.92 Å². The molecule has 0 radical (unpaired) electrons. The van der Waals surface area contributed by atoms with Crippen molar-refractivity contribution in [3.8, 4) is 0 Å². The van der Waals surface area contributed by atoms with Gasteiger partial charge in [0.25, 0.3) is 0 Å². The fourth-order valence-corrected chi connectivity index (χ4v) is 1.37. The molecule has 6 nitrogen and oxygen atoms in total. The minimum atomic E-state index is -0.290. The normalized spacial score (nSPS) is 11.5. The monoisotopic (exact) mass is 279 g/mol. The molecule has 0 spiro atoms. The van der Waals surface area contributed by atoms with E-state index in [9.17, 15) is 9.59 Å². The van der Waals surface area contributed by atoms with Gasteiger partial charge in [0.1, 0.15) is 6.61 Å². The summed E-state index contributed by atoms with van der Waals surface area (Å²) >= 11 is 0. The number of pyridine rings is 1. The van der Waals surface area contributed by atoms with Crippen LogP contribution in [0.1, 0.15) is 25.8 Å². The quantitative estimate of drug-likeness (QED) is 0.585. The average molecular weight is 279 g/mol. The van der Waals surface area contributed by atoms with Crippen LogP contribution in [-0.2, 0) is 16.1 Å². The number of hydrogen-bond acceptors (Lipinski definition) is 4. The summed E-state index contributed by atoms with van der Waals surface area (Å²) < 4.78 is 5.02. The van der Waals surface area contributed by atoms with Gasteiger partial charge in [-0.05, 0) is 24.1 Å². The Hall–Kier alpha value is -2.11. The largest absolute Gasteiger partial charge is 0.464 e. The number of nitrogens with zero attached hydrogens (tertiary/aromatic N) is 1. The highest BCUT2D eigenvalue weighted by Crippen LogP contribution is 2.02. The molecule has 0 aliphatic carbocycles. The van der Waals surface area contributed by atoms with Crippen molar-refractivity contribution in [2.75, 3.05) is 13.2 Å². The third-order valence-corrected chi connectivity index (χ3v) is 2.85. The molecule has 1 atom stereocenters. The molecule has 0 aliphatic rings. The smallest absolute Gasteiger partial charge is 0.315 e. The Morgan fingerprint density at radius 2 is 2.00 bits per heavy atom. The van der Waals surface area contributed by atoms with Gasteiger partial charge >= 0.3 is 12.0 Å². The number of esters is 1. The van der Waals surface area contributed by atoms with Crippen LogP contribution in [-0.4, -0.2) is 30.1 Å². The van der Waals surface area contributed by atoms with Gasteiger partial charge in [0, 0.05) is 18.9 Å². The van der Waals surface area contributed by atoms with E-state index in [4.69, 9.17) is 4.74 Å². The van der Waals surface area contributed by atoms with Gasteiger partial charge in [-0.25, -0.2) is 4.79 Å². The molecule has 0 fully saturated rings. The number of carbonyl (C=O) groups excluding carboxylic acids is 2. The fourth-order valence-electron chi connectivity index (χ4n) is 1.37. The summed E-state index contributed by atoms with van der Waals surface area (Å²) in [4.78, 5) is 26.7. The molecular weight excluding hydrogens is 258 g/mol. The van der Waals surface area contributed by atoms with E-state index in [1.165, 1.54) is 0 Å². The van der Waals surface area contributed by atoms with E-state index in [1.54, 1.807) is 12.4 Å². The highest BCUT2D eigenvalue weighted by atomic mass is 16.5. The Bertz CT molecular complexity index is 423. The standard InChI is InChI=1S/C14H21N3O3/c1-3-11(2)13(18)20-9-8-16-14(19)17-10-12-4-6-15-7-5-12/h4-7,11H,3,8-10H2,1-2H3,(H2,16,17,19). The van der Waals surface area contributed by atoms with Crippen molar-refractivity contribution < 1.29 is 14.3 Å². The zero-order valence-electron chi connectivity index (χ0n) is 11.9. The van der Waals surface area contributed by atoms with Crippen LogP contribution >= 0.6 is 0 Å². The molecule has 2 N–H and O–H groups in total. The van der Waals surface area contributed by atoms with Crippen molar-refractivity contribution >= 4 is 12.0 Å². The third-order valence-electron chi connectivity index (χ3n) is 2.85. The molecule has 1 rings (SSSR count). The van der Waals surface area contributed by atoms with Gasteiger partial charge in [-0.15, -0.1) is 0 Å². The van der Waals surface area contributed by atoms with Gasteiger partial charge in [0.15, 0.2) is 0 Å². The first-order chi connectivity index (χ1) is 9.63. The van der Waals surface area contributed by atoms with E-state index in [0.29, 0.717) is 13.1 Å². The van der Waals surface area contributed by atoms with E-state index >= 15 is 0 Å². The summed E-state index contributed by atoms with van der Waals surface area (Å²) in [7, 11) is 0. The zero-order chi connectivity index (χ0) is 14.8. The Labute approximate surface area is 118 Å². The van der Waals surface area contributed by atoms with E-state index in [2.05, 4.69) is 15.6 Å². The topological polar surface area (TPSA) is 80.3 Å². The molecule has 1 unspecified atom stereocenters. The molecular formula is C14H21N3O3. The second kappa shape index (κ2) is 8.90. The molecule has 0 bridgehead atoms. The van der Waals surface area contributed by atoms with Crippen molar-refractivity contribution in [3.05, 3.63) is 30.1 Å². The van der Waals surface area contributed by atoms with Crippen molar-refractivity contribution in [2.45, 2.75) is 26.8 Å². The number of urea groups is 1. The lowest BCUT2D eigenvalue weighted by Crippen LogP contribution is -2.37. The van der Waals surface area contributed by atoms with E-state index < -0.39 is 0 Å². The fraction of sp³-hybridized carbons (Fsp3) is 0.500. The van der Waals surface area contributed by atoms with E-state index in [-0.39, 0.29) is 24.5 Å². The zero-order valence-corrected chi connectivity index (χ0v) is 11.9. The molecule has 2 amide bonds. The van der Waals surface area contributed by atoms with Gasteiger partial charge in [-0.2, -0.15) is 0 Å². The molecule has 0 saturated heterocycles. The lowest BCUT2D eigenvalue weighted by Gasteiger charge is -2.10. The van der Waals surface area contributed by atoms with Gasteiger partial charge < -0.3 is 15.4 Å². The summed E-state index contributed by atoms with van der Waals surface area (Å²) in [6, 6.07) is 3.36. The minimum Gasteiger partial charge on any atom is -0.464 e. The molecule has 6 heteroatoms. The number of aromatic nitrogens is 1. The van der Waals surface area contributed by atoms with Crippen LogP contribution in [0.3, 0.4) is 0 Å². The average Bonchev–Trinajstić information content (AvgIpc) is 2.49. The molecule has 0 aromatic carbocycles. The molecule has 0 aliphatic heterocycles. The van der Waals surface area contributed by atoms with Crippen LogP contribution in [0.4, 0.5) is 4.79 Å². The minimum absolute atomic E-state index is 0.101. The van der Waals surface area contributed by atoms with Crippen LogP contribution in [0, 0.1) is 5.92 Å². The Balaban J connectivity index is 2.10. The molecule has 20 heavy (non-hydrogen) atoms. The van der Waals surface area contributed by atoms with E-state index in [1.807, 2.05) is 26.0 Å². The molecule has 110 valence electrons. The summed E-state index contributed by atoms with van der Waals surface area (Å²) in [5, 5.41) is 5.33. The molecule has 1 heterocycles. The van der Waals surface area contributed by atoms with Crippen LogP contribution < -0.4 is 10.6 Å². The third kappa shape index (κ3) is 6.17. The summed E-state index contributed by atoms with van der Waals surface area (Å²) in [5.41, 5.74) is 0.971. The highest BCUT2D eigenvalue weighted by molar-refractivity contribution is 5.74. The van der Waals surface area contributed by atoms with Crippen LogP contribution in [0.15, 0.2) is 24.5 Å². The molecule has 0 saturated carbocycles. The number of ether oxygens (including phenoxy) is 1. The Morgan fingerprint density at radius 1 is 1.30 bits per heavy atom. The summed E-state index contributed by atoms with van der Waals surface area (Å²) in [6.45, 7) is 4.66. The van der Waals surface area contributed by atoms with E-state index in [0.717, 1.165) is 12.0 Å². The van der Waals surface area contributed by atoms with Crippen molar-refractivity contribution in [1.82, 2.24) is 15.6 Å². The Kier molecular flexibility index (Phi) is 7.10. The number of hydrogen-bond donors (Lipinski definition) is 2. The first kappa shape index (κ1) is 15.9. The van der Waals surface area contributed by atoms with Gasteiger partial charge in [0.05, 0.1) is 12.5 Å². The first-order valence-corrected chi connectivity index (χ1v) is 6.70. The maximum Gasteiger partial charge on any atom is 0.315 e. The van der Waals surface area contributed by atoms with Crippen LogP contribution in [0.25, 0.3) is 0 Å². The molecule has 1 aromatic rings. The predicted molar refractivity (Wildman–Crippen MR) is 74.9 cm³/mol. The first-order valence-electron chi connectivity index (χ1n) is 6.70. The lowest BCUT2D eigenvalue weighted by atomic mass is 10.1. The number of carbonyl (C=O) groups is 2. The predicted octanol–water partition coefficient (Wildman–Crippen LogP) is 1.47.